The number of piperidine rings is 1. The Morgan fingerprint density at radius 2 is 1.92 bits per heavy atom. The van der Waals surface area contributed by atoms with Crippen LogP contribution >= 0.6 is 0 Å². The SMILES string of the molecule is Cc1cncn(CC2CCN(c3ncnc4c3CCCCC4)CC2)c1=O. The minimum Gasteiger partial charge on any atom is -0.356 e. The topological polar surface area (TPSA) is 63.9 Å². The van der Waals surface area contributed by atoms with Gasteiger partial charge in [-0.25, -0.2) is 15.0 Å². The summed E-state index contributed by atoms with van der Waals surface area (Å²) in [6, 6.07) is 0. The fourth-order valence-corrected chi connectivity index (χ4v) is 4.25. The Labute approximate surface area is 154 Å². The van der Waals surface area contributed by atoms with Gasteiger partial charge in [-0.15, -0.1) is 0 Å². The van der Waals surface area contributed by atoms with Crippen LogP contribution in [0.2, 0.25) is 0 Å². The number of aromatic nitrogens is 4. The fourth-order valence-electron chi connectivity index (χ4n) is 4.25. The molecule has 6 heteroatoms. The van der Waals surface area contributed by atoms with Gasteiger partial charge in [-0.3, -0.25) is 9.36 Å². The van der Waals surface area contributed by atoms with Gasteiger partial charge in [0, 0.05) is 42.7 Å². The summed E-state index contributed by atoms with van der Waals surface area (Å²) in [5.41, 5.74) is 3.44. The number of hydrogen-bond acceptors (Lipinski definition) is 5. The van der Waals surface area contributed by atoms with Gasteiger partial charge in [-0.2, -0.15) is 0 Å². The molecular weight excluding hydrogens is 326 g/mol. The lowest BCUT2D eigenvalue weighted by Gasteiger charge is -2.34. The second-order valence-electron chi connectivity index (χ2n) is 7.65. The van der Waals surface area contributed by atoms with Crippen molar-refractivity contribution in [2.24, 2.45) is 5.92 Å². The quantitative estimate of drug-likeness (QED) is 0.794. The van der Waals surface area contributed by atoms with Crippen LogP contribution in [0, 0.1) is 12.8 Å². The Kier molecular flexibility index (Phi) is 5.00. The number of anilines is 1. The highest BCUT2D eigenvalue weighted by atomic mass is 16.1. The highest BCUT2D eigenvalue weighted by molar-refractivity contribution is 5.49. The third kappa shape index (κ3) is 3.50. The molecule has 0 aromatic carbocycles. The van der Waals surface area contributed by atoms with E-state index in [0.717, 1.165) is 51.1 Å². The molecule has 0 spiro atoms. The van der Waals surface area contributed by atoms with Crippen molar-refractivity contribution in [2.45, 2.75) is 58.4 Å². The van der Waals surface area contributed by atoms with Crippen molar-refractivity contribution in [2.75, 3.05) is 18.0 Å². The molecule has 0 unspecified atom stereocenters. The molecule has 0 amide bonds. The molecule has 2 aromatic heterocycles. The maximum Gasteiger partial charge on any atom is 0.256 e. The fraction of sp³-hybridized carbons (Fsp3) is 0.600. The van der Waals surface area contributed by atoms with E-state index in [1.807, 2.05) is 6.92 Å². The van der Waals surface area contributed by atoms with Crippen molar-refractivity contribution < 1.29 is 0 Å². The van der Waals surface area contributed by atoms with Crippen LogP contribution in [0.15, 0.2) is 23.6 Å². The van der Waals surface area contributed by atoms with E-state index >= 15 is 0 Å². The maximum atomic E-state index is 12.2. The van der Waals surface area contributed by atoms with E-state index in [2.05, 4.69) is 19.9 Å². The Bertz CT molecular complexity index is 823. The zero-order chi connectivity index (χ0) is 17.9. The predicted molar refractivity (Wildman–Crippen MR) is 101 cm³/mol. The van der Waals surface area contributed by atoms with Gasteiger partial charge in [0.2, 0.25) is 0 Å². The van der Waals surface area contributed by atoms with Gasteiger partial charge in [0.25, 0.3) is 5.56 Å². The molecule has 0 atom stereocenters. The Balaban J connectivity index is 1.44. The summed E-state index contributed by atoms with van der Waals surface area (Å²) in [6.45, 7) is 4.60. The van der Waals surface area contributed by atoms with Crippen LogP contribution in [-0.4, -0.2) is 32.6 Å². The van der Waals surface area contributed by atoms with Crippen LogP contribution in [0.25, 0.3) is 0 Å². The normalized spacial score (nSPS) is 18.4. The molecule has 0 radical (unpaired) electrons. The van der Waals surface area contributed by atoms with E-state index in [-0.39, 0.29) is 5.56 Å². The van der Waals surface area contributed by atoms with Gasteiger partial charge in [0.05, 0.1) is 6.33 Å². The summed E-state index contributed by atoms with van der Waals surface area (Å²) in [5.74, 6) is 1.68. The van der Waals surface area contributed by atoms with Gasteiger partial charge in [0.15, 0.2) is 0 Å². The van der Waals surface area contributed by atoms with Crippen LogP contribution in [0.3, 0.4) is 0 Å². The highest BCUT2D eigenvalue weighted by Crippen LogP contribution is 2.29. The lowest BCUT2D eigenvalue weighted by molar-refractivity contribution is 0.349. The van der Waals surface area contributed by atoms with Crippen molar-refractivity contribution in [1.82, 2.24) is 19.5 Å². The summed E-state index contributed by atoms with van der Waals surface area (Å²) in [5, 5.41) is 0. The minimum atomic E-state index is 0.0866. The second kappa shape index (κ2) is 7.56. The molecule has 1 saturated heterocycles. The third-order valence-corrected chi connectivity index (χ3v) is 5.79. The summed E-state index contributed by atoms with van der Waals surface area (Å²) in [6.07, 6.45) is 13.2. The number of aryl methyl sites for hydroxylation is 2. The largest absolute Gasteiger partial charge is 0.356 e. The van der Waals surface area contributed by atoms with Crippen molar-refractivity contribution in [3.05, 3.63) is 46.0 Å². The van der Waals surface area contributed by atoms with Crippen molar-refractivity contribution >= 4 is 5.82 Å². The molecular formula is C20H27N5O. The van der Waals surface area contributed by atoms with Crippen molar-refractivity contribution in [3.8, 4) is 0 Å². The van der Waals surface area contributed by atoms with E-state index in [1.165, 1.54) is 30.5 Å². The van der Waals surface area contributed by atoms with Gasteiger partial charge >= 0.3 is 0 Å². The van der Waals surface area contributed by atoms with Crippen LogP contribution in [0.4, 0.5) is 5.82 Å². The van der Waals surface area contributed by atoms with E-state index in [1.54, 1.807) is 23.4 Å². The molecule has 2 aromatic rings. The number of nitrogens with zero attached hydrogens (tertiary/aromatic N) is 5. The lowest BCUT2D eigenvalue weighted by Crippen LogP contribution is -2.37. The number of hydrogen-bond donors (Lipinski definition) is 0. The maximum absolute atomic E-state index is 12.2. The van der Waals surface area contributed by atoms with Crippen LogP contribution in [0.5, 0.6) is 0 Å². The Morgan fingerprint density at radius 1 is 1.12 bits per heavy atom. The van der Waals surface area contributed by atoms with Crippen molar-refractivity contribution in [3.63, 3.8) is 0 Å². The lowest BCUT2D eigenvalue weighted by atomic mass is 9.96. The molecule has 0 N–H and O–H groups in total. The molecule has 138 valence electrons. The van der Waals surface area contributed by atoms with Crippen LogP contribution < -0.4 is 10.5 Å². The Hall–Kier alpha value is -2.24. The first kappa shape index (κ1) is 17.2. The van der Waals surface area contributed by atoms with Gasteiger partial charge < -0.3 is 4.90 Å². The molecule has 3 heterocycles. The van der Waals surface area contributed by atoms with Gasteiger partial charge in [-0.05, 0) is 51.4 Å². The third-order valence-electron chi connectivity index (χ3n) is 5.79. The second-order valence-corrected chi connectivity index (χ2v) is 7.65. The standard InChI is InChI=1S/C20H27N5O/c1-15-11-21-14-25(20(15)26)12-16-7-9-24(10-8-16)19-17-5-3-2-4-6-18(17)22-13-23-19/h11,13-14,16H,2-10,12H2,1H3. The van der Waals surface area contributed by atoms with Crippen molar-refractivity contribution in [1.29, 1.82) is 0 Å². The molecule has 26 heavy (non-hydrogen) atoms. The monoisotopic (exact) mass is 353 g/mol. The van der Waals surface area contributed by atoms with E-state index < -0.39 is 0 Å². The zero-order valence-electron chi connectivity index (χ0n) is 15.5. The zero-order valence-corrected chi connectivity index (χ0v) is 15.5. The number of fused-ring (bicyclic) bond motifs is 1. The minimum absolute atomic E-state index is 0.0866. The average molecular weight is 353 g/mol. The first-order valence-corrected chi connectivity index (χ1v) is 9.81. The predicted octanol–water partition coefficient (Wildman–Crippen LogP) is 2.53. The van der Waals surface area contributed by atoms with Gasteiger partial charge in [-0.1, -0.05) is 6.42 Å². The summed E-state index contributed by atoms with van der Waals surface area (Å²) < 4.78 is 1.77. The molecule has 0 bridgehead atoms. The summed E-state index contributed by atoms with van der Waals surface area (Å²) in [7, 11) is 0. The van der Waals surface area contributed by atoms with Gasteiger partial charge in [0.1, 0.15) is 12.1 Å². The Morgan fingerprint density at radius 3 is 2.77 bits per heavy atom. The molecule has 6 nitrogen and oxygen atoms in total. The summed E-state index contributed by atoms with van der Waals surface area (Å²) >= 11 is 0. The van der Waals surface area contributed by atoms with E-state index in [0.29, 0.717) is 11.5 Å². The molecule has 1 aliphatic heterocycles. The molecule has 2 aliphatic rings. The molecule has 0 saturated carbocycles. The van der Waals surface area contributed by atoms with Crippen LogP contribution in [0.1, 0.15) is 48.9 Å². The smallest absolute Gasteiger partial charge is 0.256 e. The number of rotatable bonds is 3. The molecule has 1 fully saturated rings. The van der Waals surface area contributed by atoms with E-state index in [9.17, 15) is 4.79 Å². The summed E-state index contributed by atoms with van der Waals surface area (Å²) in [4.78, 5) is 28.0. The van der Waals surface area contributed by atoms with E-state index in [4.69, 9.17) is 0 Å². The molecule has 4 rings (SSSR count). The first-order chi connectivity index (χ1) is 12.7. The van der Waals surface area contributed by atoms with Crippen LogP contribution in [-0.2, 0) is 19.4 Å². The average Bonchev–Trinajstić information content (AvgIpc) is 2.91. The first-order valence-electron chi connectivity index (χ1n) is 9.81. The molecule has 1 aliphatic carbocycles. The highest BCUT2D eigenvalue weighted by Gasteiger charge is 2.24.